The fourth-order valence-corrected chi connectivity index (χ4v) is 4.98. The molecule has 12 heteroatoms. The number of amides is 1. The first kappa shape index (κ1) is 23.7. The fourth-order valence-electron chi connectivity index (χ4n) is 4.98. The maximum atomic E-state index is 14.5. The number of carbonyl (C=O) groups excluding carboxylic acids is 1. The smallest absolute Gasteiger partial charge is 0.261 e. The van der Waals surface area contributed by atoms with Gasteiger partial charge in [0.1, 0.15) is 16.9 Å². The monoisotopic (exact) mass is 507 g/mol. The Balaban J connectivity index is 1.22. The minimum Gasteiger partial charge on any atom is -0.473 e. The van der Waals surface area contributed by atoms with Crippen LogP contribution in [0.25, 0.3) is 16.7 Å². The van der Waals surface area contributed by atoms with E-state index in [1.165, 1.54) is 6.20 Å². The van der Waals surface area contributed by atoms with Gasteiger partial charge in [-0.05, 0) is 38.8 Å². The van der Waals surface area contributed by atoms with E-state index in [2.05, 4.69) is 30.6 Å². The van der Waals surface area contributed by atoms with E-state index < -0.39 is 5.67 Å². The van der Waals surface area contributed by atoms with Crippen LogP contribution in [-0.2, 0) is 0 Å². The average molecular weight is 508 g/mol. The molecule has 2 saturated heterocycles. The zero-order valence-corrected chi connectivity index (χ0v) is 20.9. The summed E-state index contributed by atoms with van der Waals surface area (Å²) in [5, 5.41) is 15.7. The van der Waals surface area contributed by atoms with Gasteiger partial charge in [0.25, 0.3) is 5.91 Å². The fraction of sp³-hybridized carbons (Fsp3) is 0.480. The molecule has 11 nitrogen and oxygen atoms in total. The standard InChI is InChI=1S/C25H30FN9O2/c1-16(2)37-24-20(30-23(36)19-11-29-34-7-3-6-28-22(19)34)10-17-12-35(32-21(17)31-24)18-4-8-33(9-5-18)15-25(26)13-27-14-25/h3,6-7,10-12,16,18,27H,4-5,8-9,13-15H2,1-2H3,(H,30,36). The van der Waals surface area contributed by atoms with Gasteiger partial charge in [-0.25, -0.2) is 13.9 Å². The van der Waals surface area contributed by atoms with Crippen LogP contribution in [0.4, 0.5) is 10.1 Å². The predicted molar refractivity (Wildman–Crippen MR) is 136 cm³/mol. The van der Waals surface area contributed by atoms with Crippen molar-refractivity contribution in [3.05, 3.63) is 42.5 Å². The molecule has 0 aliphatic carbocycles. The molecular formula is C25H30FN9O2. The first-order chi connectivity index (χ1) is 17.9. The molecule has 4 aromatic rings. The highest BCUT2D eigenvalue weighted by Gasteiger charge is 2.39. The van der Waals surface area contributed by atoms with E-state index in [4.69, 9.17) is 9.84 Å². The Morgan fingerprint density at radius 3 is 2.86 bits per heavy atom. The number of carbonyl (C=O) groups is 1. The number of ether oxygens (including phenoxy) is 1. The highest BCUT2D eigenvalue weighted by Crippen LogP contribution is 2.31. The molecule has 2 aliphatic rings. The van der Waals surface area contributed by atoms with Crippen LogP contribution in [0.2, 0.25) is 0 Å². The molecule has 194 valence electrons. The number of fused-ring (bicyclic) bond motifs is 2. The van der Waals surface area contributed by atoms with Gasteiger partial charge in [0.2, 0.25) is 5.88 Å². The maximum absolute atomic E-state index is 14.5. The maximum Gasteiger partial charge on any atom is 0.261 e. The second-order valence-electron chi connectivity index (χ2n) is 10.2. The van der Waals surface area contributed by atoms with Crippen LogP contribution >= 0.6 is 0 Å². The number of pyridine rings is 1. The number of piperidine rings is 1. The molecule has 37 heavy (non-hydrogen) atoms. The van der Waals surface area contributed by atoms with Crippen LogP contribution in [0, 0.1) is 0 Å². The molecule has 2 aliphatic heterocycles. The normalized spacial score (nSPS) is 18.4. The number of anilines is 1. The van der Waals surface area contributed by atoms with Gasteiger partial charge in [0, 0.05) is 56.7 Å². The Morgan fingerprint density at radius 1 is 1.32 bits per heavy atom. The van der Waals surface area contributed by atoms with Crippen molar-refractivity contribution in [3.63, 3.8) is 0 Å². The average Bonchev–Trinajstić information content (AvgIpc) is 3.47. The lowest BCUT2D eigenvalue weighted by Gasteiger charge is -2.41. The van der Waals surface area contributed by atoms with E-state index in [1.54, 1.807) is 23.0 Å². The number of nitrogens with one attached hydrogen (secondary N) is 2. The van der Waals surface area contributed by atoms with Crippen LogP contribution in [0.15, 0.2) is 36.9 Å². The van der Waals surface area contributed by atoms with Crippen molar-refractivity contribution in [2.45, 2.75) is 44.5 Å². The van der Waals surface area contributed by atoms with Gasteiger partial charge < -0.3 is 15.4 Å². The lowest BCUT2D eigenvalue weighted by Crippen LogP contribution is -2.62. The molecule has 2 fully saturated rings. The third-order valence-electron chi connectivity index (χ3n) is 6.92. The second kappa shape index (κ2) is 9.34. The van der Waals surface area contributed by atoms with E-state index in [0.29, 0.717) is 48.1 Å². The zero-order chi connectivity index (χ0) is 25.6. The summed E-state index contributed by atoms with van der Waals surface area (Å²) in [5.74, 6) is -0.0433. The number of rotatable bonds is 7. The summed E-state index contributed by atoms with van der Waals surface area (Å²) in [6.07, 6.45) is 8.43. The largest absolute Gasteiger partial charge is 0.473 e. The van der Waals surface area contributed by atoms with Crippen molar-refractivity contribution >= 4 is 28.3 Å². The lowest BCUT2D eigenvalue weighted by molar-refractivity contribution is 0.0298. The van der Waals surface area contributed by atoms with Gasteiger partial charge >= 0.3 is 0 Å². The number of aromatic nitrogens is 6. The summed E-state index contributed by atoms with van der Waals surface area (Å²) in [6.45, 7) is 6.83. The van der Waals surface area contributed by atoms with Crippen LogP contribution in [0.1, 0.15) is 43.1 Å². The van der Waals surface area contributed by atoms with Crippen molar-refractivity contribution in [1.82, 2.24) is 39.6 Å². The summed E-state index contributed by atoms with van der Waals surface area (Å²) in [7, 11) is 0. The summed E-state index contributed by atoms with van der Waals surface area (Å²) in [6, 6.07) is 3.79. The first-order valence-corrected chi connectivity index (χ1v) is 12.7. The molecule has 0 aromatic carbocycles. The van der Waals surface area contributed by atoms with E-state index in [9.17, 15) is 9.18 Å². The van der Waals surface area contributed by atoms with Crippen molar-refractivity contribution in [1.29, 1.82) is 0 Å². The van der Waals surface area contributed by atoms with Crippen LogP contribution < -0.4 is 15.4 Å². The summed E-state index contributed by atoms with van der Waals surface area (Å²) in [5.41, 5.74) is 0.734. The van der Waals surface area contributed by atoms with Gasteiger partial charge in [-0.15, -0.1) is 0 Å². The molecule has 2 N–H and O–H groups in total. The van der Waals surface area contributed by atoms with Gasteiger partial charge in [-0.2, -0.15) is 15.2 Å². The molecule has 4 aromatic heterocycles. The Morgan fingerprint density at radius 2 is 2.14 bits per heavy atom. The molecule has 6 heterocycles. The number of nitrogens with zero attached hydrogens (tertiary/aromatic N) is 7. The summed E-state index contributed by atoms with van der Waals surface area (Å²) in [4.78, 5) is 24.2. The van der Waals surface area contributed by atoms with Crippen molar-refractivity contribution < 1.29 is 13.9 Å². The quantitative estimate of drug-likeness (QED) is 0.392. The topological polar surface area (TPSA) is 114 Å². The molecular weight excluding hydrogens is 477 g/mol. The molecule has 0 unspecified atom stereocenters. The van der Waals surface area contributed by atoms with Crippen LogP contribution in [0.5, 0.6) is 5.88 Å². The highest BCUT2D eigenvalue weighted by molar-refractivity contribution is 6.09. The number of hydrogen-bond acceptors (Lipinski definition) is 8. The van der Waals surface area contributed by atoms with E-state index in [1.807, 2.05) is 30.8 Å². The molecule has 0 spiro atoms. The minimum absolute atomic E-state index is 0.143. The van der Waals surface area contributed by atoms with Crippen molar-refractivity contribution in [2.24, 2.45) is 0 Å². The van der Waals surface area contributed by atoms with Gasteiger partial charge in [-0.1, -0.05) is 0 Å². The minimum atomic E-state index is -1.09. The summed E-state index contributed by atoms with van der Waals surface area (Å²) >= 11 is 0. The van der Waals surface area contributed by atoms with Crippen LogP contribution in [0.3, 0.4) is 0 Å². The lowest BCUT2D eigenvalue weighted by atomic mass is 9.96. The van der Waals surface area contributed by atoms with Gasteiger partial charge in [0.15, 0.2) is 11.3 Å². The highest BCUT2D eigenvalue weighted by atomic mass is 19.1. The van der Waals surface area contributed by atoms with Gasteiger partial charge in [-0.3, -0.25) is 14.4 Å². The number of alkyl halides is 1. The van der Waals surface area contributed by atoms with E-state index in [-0.39, 0.29) is 18.1 Å². The Hall–Kier alpha value is -3.64. The number of halogens is 1. The Labute approximate surface area is 213 Å². The Bertz CT molecular complexity index is 1440. The van der Waals surface area contributed by atoms with Crippen molar-refractivity contribution in [3.8, 4) is 5.88 Å². The molecule has 0 saturated carbocycles. The van der Waals surface area contributed by atoms with Crippen LogP contribution in [-0.4, -0.2) is 84.7 Å². The Kier molecular flexibility index (Phi) is 6.00. The molecule has 0 atom stereocenters. The molecule has 1 amide bonds. The van der Waals surface area contributed by atoms with E-state index in [0.717, 1.165) is 31.3 Å². The predicted octanol–water partition coefficient (Wildman–Crippen LogP) is 2.46. The number of likely N-dealkylation sites (tertiary alicyclic amines) is 1. The third-order valence-corrected chi connectivity index (χ3v) is 6.92. The summed E-state index contributed by atoms with van der Waals surface area (Å²) < 4.78 is 23.9. The second-order valence-corrected chi connectivity index (χ2v) is 10.2. The van der Waals surface area contributed by atoms with Gasteiger partial charge in [0.05, 0.1) is 18.3 Å². The SMILES string of the molecule is CC(C)Oc1nc2nn(C3CCN(CC4(F)CNC4)CC3)cc2cc1NC(=O)c1cnn2cccnc12. The zero-order valence-electron chi connectivity index (χ0n) is 20.9. The third kappa shape index (κ3) is 4.74. The molecule has 0 radical (unpaired) electrons. The molecule has 0 bridgehead atoms. The first-order valence-electron chi connectivity index (χ1n) is 12.7. The number of hydrogen-bond donors (Lipinski definition) is 2. The van der Waals surface area contributed by atoms with E-state index >= 15 is 0 Å². The molecule has 6 rings (SSSR count). The van der Waals surface area contributed by atoms with Crippen molar-refractivity contribution in [2.75, 3.05) is 38.0 Å².